The van der Waals surface area contributed by atoms with E-state index in [4.69, 9.17) is 4.74 Å². The molecule has 0 saturated carbocycles. The molecule has 0 aliphatic heterocycles. The van der Waals surface area contributed by atoms with Crippen molar-refractivity contribution in [1.82, 2.24) is 0 Å². The number of unbranched alkanes of at least 4 members (excludes halogenated alkanes) is 1. The Morgan fingerprint density at radius 1 is 1.11 bits per heavy atom. The van der Waals surface area contributed by atoms with Crippen molar-refractivity contribution in [3.05, 3.63) is 26.8 Å². The van der Waals surface area contributed by atoms with Crippen LogP contribution in [0.1, 0.15) is 70.4 Å². The van der Waals surface area contributed by atoms with Crippen molar-refractivity contribution in [3.8, 4) is 5.75 Å². The van der Waals surface area contributed by atoms with Crippen molar-refractivity contribution in [3.63, 3.8) is 0 Å². The summed E-state index contributed by atoms with van der Waals surface area (Å²) >= 11 is 2.41. The van der Waals surface area contributed by atoms with Gasteiger partial charge in [-0.3, -0.25) is 0 Å². The number of hydrogen-bond acceptors (Lipinski definition) is 1. The Balaban J connectivity index is 3.07. The van der Waals surface area contributed by atoms with Crippen molar-refractivity contribution in [1.29, 1.82) is 0 Å². The first-order valence-corrected chi connectivity index (χ1v) is 8.01. The molecule has 18 heavy (non-hydrogen) atoms. The molecule has 0 saturated heterocycles. The Bertz CT molecular complexity index is 383. The quantitative estimate of drug-likeness (QED) is 0.466. The van der Waals surface area contributed by atoms with Crippen molar-refractivity contribution in [2.75, 3.05) is 6.61 Å². The van der Waals surface area contributed by atoms with Gasteiger partial charge < -0.3 is 4.74 Å². The second kappa shape index (κ2) is 7.37. The molecule has 1 rings (SSSR count). The van der Waals surface area contributed by atoms with Gasteiger partial charge in [0.25, 0.3) is 0 Å². The Kier molecular flexibility index (Phi) is 6.47. The molecule has 0 aromatic heterocycles. The van der Waals surface area contributed by atoms with E-state index in [-0.39, 0.29) is 0 Å². The molecule has 0 aliphatic rings. The van der Waals surface area contributed by atoms with E-state index in [9.17, 15) is 0 Å². The Morgan fingerprint density at radius 2 is 1.78 bits per heavy atom. The number of halogens is 1. The number of benzene rings is 1. The zero-order valence-corrected chi connectivity index (χ0v) is 14.4. The topological polar surface area (TPSA) is 9.23 Å². The van der Waals surface area contributed by atoms with Crippen LogP contribution in [-0.2, 0) is 0 Å². The molecule has 0 N–H and O–H groups in total. The van der Waals surface area contributed by atoms with Crippen LogP contribution in [0.4, 0.5) is 0 Å². The fourth-order valence-electron chi connectivity index (χ4n) is 1.87. The van der Waals surface area contributed by atoms with Crippen LogP contribution in [0, 0.1) is 3.57 Å². The van der Waals surface area contributed by atoms with Gasteiger partial charge in [0, 0.05) is 0 Å². The molecular formula is C16H25IO. The molecular weight excluding hydrogens is 335 g/mol. The Hall–Kier alpha value is -0.250. The lowest BCUT2D eigenvalue weighted by atomic mass is 9.95. The van der Waals surface area contributed by atoms with Gasteiger partial charge in [0.15, 0.2) is 0 Å². The highest BCUT2D eigenvalue weighted by Gasteiger charge is 2.14. The van der Waals surface area contributed by atoms with E-state index in [2.05, 4.69) is 69.3 Å². The second-order valence-corrected chi connectivity index (χ2v) is 6.59. The summed E-state index contributed by atoms with van der Waals surface area (Å²) < 4.78 is 7.25. The van der Waals surface area contributed by atoms with Gasteiger partial charge in [0.1, 0.15) is 5.75 Å². The fraction of sp³-hybridized carbons (Fsp3) is 0.625. The molecule has 1 aromatic rings. The molecule has 0 fully saturated rings. The third kappa shape index (κ3) is 4.15. The van der Waals surface area contributed by atoms with Gasteiger partial charge in [-0.05, 0) is 58.0 Å². The van der Waals surface area contributed by atoms with Gasteiger partial charge in [-0.25, -0.2) is 0 Å². The molecule has 0 aliphatic carbocycles. The number of ether oxygens (including phenoxy) is 1. The Morgan fingerprint density at radius 3 is 2.28 bits per heavy atom. The highest BCUT2D eigenvalue weighted by Crippen LogP contribution is 2.34. The van der Waals surface area contributed by atoms with E-state index >= 15 is 0 Å². The molecule has 0 radical (unpaired) electrons. The summed E-state index contributed by atoms with van der Waals surface area (Å²) in [5.41, 5.74) is 2.76. The lowest BCUT2D eigenvalue weighted by Gasteiger charge is -2.19. The summed E-state index contributed by atoms with van der Waals surface area (Å²) in [6.07, 6.45) is 2.30. The zero-order valence-electron chi connectivity index (χ0n) is 12.2. The first-order chi connectivity index (χ1) is 8.47. The van der Waals surface area contributed by atoms with Crippen LogP contribution in [-0.4, -0.2) is 6.61 Å². The van der Waals surface area contributed by atoms with Crippen LogP contribution in [0.5, 0.6) is 5.75 Å². The van der Waals surface area contributed by atoms with Crippen LogP contribution in [0.2, 0.25) is 0 Å². The van der Waals surface area contributed by atoms with Gasteiger partial charge in [-0.15, -0.1) is 0 Å². The molecule has 102 valence electrons. The van der Waals surface area contributed by atoms with Crippen molar-refractivity contribution < 1.29 is 4.74 Å². The number of hydrogen-bond donors (Lipinski definition) is 0. The summed E-state index contributed by atoms with van der Waals surface area (Å²) in [7, 11) is 0. The molecule has 0 unspecified atom stereocenters. The smallest absolute Gasteiger partial charge is 0.136 e. The van der Waals surface area contributed by atoms with E-state index in [0.29, 0.717) is 11.8 Å². The zero-order chi connectivity index (χ0) is 13.7. The van der Waals surface area contributed by atoms with E-state index in [1.165, 1.54) is 21.1 Å². The average molecular weight is 360 g/mol. The van der Waals surface area contributed by atoms with Crippen molar-refractivity contribution >= 4 is 22.6 Å². The predicted molar refractivity (Wildman–Crippen MR) is 87.7 cm³/mol. The van der Waals surface area contributed by atoms with Gasteiger partial charge in [-0.2, -0.15) is 0 Å². The van der Waals surface area contributed by atoms with Crippen LogP contribution in [0.25, 0.3) is 0 Å². The van der Waals surface area contributed by atoms with Gasteiger partial charge in [-0.1, -0.05) is 47.1 Å². The molecule has 0 amide bonds. The standard InChI is InChI=1S/C16H25IO/c1-6-7-8-18-16-14(12(4)5)9-13(11(2)3)10-15(16)17/h9-12H,6-8H2,1-5H3. The average Bonchev–Trinajstić information content (AvgIpc) is 2.30. The van der Waals surface area contributed by atoms with Gasteiger partial charge in [0.2, 0.25) is 0 Å². The van der Waals surface area contributed by atoms with Crippen LogP contribution in [0.15, 0.2) is 12.1 Å². The normalized spacial score (nSPS) is 11.3. The van der Waals surface area contributed by atoms with E-state index in [1.807, 2.05) is 0 Å². The summed E-state index contributed by atoms with van der Waals surface area (Å²) in [5, 5.41) is 0. The summed E-state index contributed by atoms with van der Waals surface area (Å²) in [4.78, 5) is 0. The third-order valence-corrected chi connectivity index (χ3v) is 3.93. The maximum absolute atomic E-state index is 6.00. The molecule has 0 atom stereocenters. The lowest BCUT2D eigenvalue weighted by molar-refractivity contribution is 0.303. The monoisotopic (exact) mass is 360 g/mol. The predicted octanol–water partition coefficient (Wildman–Crippen LogP) is 5.72. The molecule has 1 aromatic carbocycles. The molecule has 1 nitrogen and oxygen atoms in total. The maximum Gasteiger partial charge on any atom is 0.136 e. The SMILES string of the molecule is CCCCOc1c(I)cc(C(C)C)cc1C(C)C. The summed E-state index contributed by atoms with van der Waals surface area (Å²) in [6, 6.07) is 4.58. The van der Waals surface area contributed by atoms with E-state index in [1.54, 1.807) is 0 Å². The first-order valence-electron chi connectivity index (χ1n) is 6.93. The van der Waals surface area contributed by atoms with Crippen molar-refractivity contribution in [2.45, 2.75) is 59.3 Å². The summed E-state index contributed by atoms with van der Waals surface area (Å²) in [5.74, 6) is 2.18. The highest BCUT2D eigenvalue weighted by molar-refractivity contribution is 14.1. The van der Waals surface area contributed by atoms with Crippen LogP contribution < -0.4 is 4.74 Å². The largest absolute Gasteiger partial charge is 0.492 e. The molecule has 0 bridgehead atoms. The van der Waals surface area contributed by atoms with E-state index in [0.717, 1.165) is 18.8 Å². The van der Waals surface area contributed by atoms with Crippen LogP contribution >= 0.6 is 22.6 Å². The molecule has 0 spiro atoms. The third-order valence-electron chi connectivity index (χ3n) is 3.13. The highest BCUT2D eigenvalue weighted by atomic mass is 127. The van der Waals surface area contributed by atoms with Gasteiger partial charge >= 0.3 is 0 Å². The van der Waals surface area contributed by atoms with Crippen molar-refractivity contribution in [2.24, 2.45) is 0 Å². The minimum absolute atomic E-state index is 0.508. The van der Waals surface area contributed by atoms with E-state index < -0.39 is 0 Å². The maximum atomic E-state index is 6.00. The first kappa shape index (κ1) is 15.8. The van der Waals surface area contributed by atoms with Crippen LogP contribution in [0.3, 0.4) is 0 Å². The minimum atomic E-state index is 0.508. The molecule has 2 heteroatoms. The lowest BCUT2D eigenvalue weighted by Crippen LogP contribution is -2.04. The summed E-state index contributed by atoms with van der Waals surface area (Å²) in [6.45, 7) is 12.0. The fourth-order valence-corrected chi connectivity index (χ4v) is 2.70. The second-order valence-electron chi connectivity index (χ2n) is 5.43. The molecule has 0 heterocycles. The Labute approximate surface area is 125 Å². The number of rotatable bonds is 6. The van der Waals surface area contributed by atoms with Gasteiger partial charge in [0.05, 0.1) is 10.2 Å². The minimum Gasteiger partial charge on any atom is -0.492 e.